The Morgan fingerprint density at radius 1 is 1.10 bits per heavy atom. The van der Waals surface area contributed by atoms with Crippen LogP contribution < -0.4 is 14.2 Å². The Morgan fingerprint density at radius 3 is 2.20 bits per heavy atom. The second-order valence-corrected chi connectivity index (χ2v) is 5.19. The molecule has 1 aliphatic rings. The lowest BCUT2D eigenvalue weighted by Gasteiger charge is -2.23. The SMILES string of the molecule is COc1cc(C=O)cc(OC)c1OCC1CCCCC1. The minimum atomic E-state index is 0.517. The molecule has 0 amide bonds. The van der Waals surface area contributed by atoms with Crippen LogP contribution in [0.25, 0.3) is 0 Å². The summed E-state index contributed by atoms with van der Waals surface area (Å²) in [6.07, 6.45) is 7.11. The lowest BCUT2D eigenvalue weighted by molar-refractivity contribution is 0.112. The van der Waals surface area contributed by atoms with Crippen molar-refractivity contribution < 1.29 is 19.0 Å². The van der Waals surface area contributed by atoms with Gasteiger partial charge in [-0.05, 0) is 30.9 Å². The lowest BCUT2D eigenvalue weighted by Crippen LogP contribution is -2.16. The highest BCUT2D eigenvalue weighted by molar-refractivity contribution is 5.78. The molecule has 2 rings (SSSR count). The molecule has 1 saturated carbocycles. The van der Waals surface area contributed by atoms with E-state index in [2.05, 4.69) is 0 Å². The normalized spacial score (nSPS) is 15.7. The minimum absolute atomic E-state index is 0.517. The van der Waals surface area contributed by atoms with Crippen LogP contribution in [-0.4, -0.2) is 27.1 Å². The predicted octanol–water partition coefficient (Wildman–Crippen LogP) is 3.48. The van der Waals surface area contributed by atoms with Gasteiger partial charge in [0.15, 0.2) is 11.5 Å². The number of carbonyl (C=O) groups is 1. The molecule has 20 heavy (non-hydrogen) atoms. The molecule has 0 aromatic heterocycles. The van der Waals surface area contributed by atoms with Crippen molar-refractivity contribution in [3.05, 3.63) is 17.7 Å². The average molecular weight is 278 g/mol. The Balaban J connectivity index is 2.13. The summed E-state index contributed by atoms with van der Waals surface area (Å²) in [7, 11) is 3.13. The zero-order valence-electron chi connectivity index (χ0n) is 12.2. The zero-order valence-corrected chi connectivity index (χ0v) is 12.2. The maximum atomic E-state index is 10.9. The second-order valence-electron chi connectivity index (χ2n) is 5.19. The Hall–Kier alpha value is -1.71. The molecule has 0 bridgehead atoms. The monoisotopic (exact) mass is 278 g/mol. The van der Waals surface area contributed by atoms with E-state index in [1.165, 1.54) is 32.1 Å². The maximum Gasteiger partial charge on any atom is 0.203 e. The van der Waals surface area contributed by atoms with Crippen molar-refractivity contribution >= 4 is 6.29 Å². The first-order chi connectivity index (χ1) is 9.78. The van der Waals surface area contributed by atoms with Crippen molar-refractivity contribution in [3.8, 4) is 17.2 Å². The first kappa shape index (κ1) is 14.7. The molecule has 1 fully saturated rings. The van der Waals surface area contributed by atoms with Gasteiger partial charge in [0, 0.05) is 5.56 Å². The summed E-state index contributed by atoms with van der Waals surface area (Å²) in [6, 6.07) is 3.34. The number of rotatable bonds is 6. The molecule has 0 unspecified atom stereocenters. The molecule has 110 valence electrons. The molecule has 4 heteroatoms. The number of carbonyl (C=O) groups excluding carboxylic acids is 1. The van der Waals surface area contributed by atoms with Gasteiger partial charge in [-0.25, -0.2) is 0 Å². The molecule has 0 aliphatic heterocycles. The summed E-state index contributed by atoms with van der Waals surface area (Å²) in [5.74, 6) is 2.28. The van der Waals surface area contributed by atoms with Gasteiger partial charge in [0.05, 0.1) is 20.8 Å². The highest BCUT2D eigenvalue weighted by atomic mass is 16.5. The number of benzene rings is 1. The van der Waals surface area contributed by atoms with E-state index in [1.807, 2.05) is 0 Å². The maximum absolute atomic E-state index is 10.9. The second kappa shape index (κ2) is 7.17. The van der Waals surface area contributed by atoms with E-state index < -0.39 is 0 Å². The quantitative estimate of drug-likeness (QED) is 0.747. The van der Waals surface area contributed by atoms with Crippen LogP contribution in [0.5, 0.6) is 17.2 Å². The largest absolute Gasteiger partial charge is 0.493 e. The molecule has 1 aliphatic carbocycles. The van der Waals surface area contributed by atoms with Crippen molar-refractivity contribution in [2.75, 3.05) is 20.8 Å². The van der Waals surface area contributed by atoms with Gasteiger partial charge in [0.1, 0.15) is 6.29 Å². The number of hydrogen-bond acceptors (Lipinski definition) is 4. The highest BCUT2D eigenvalue weighted by Gasteiger charge is 2.18. The number of aldehydes is 1. The van der Waals surface area contributed by atoms with E-state index in [1.54, 1.807) is 26.4 Å². The van der Waals surface area contributed by atoms with Crippen LogP contribution in [0, 0.1) is 5.92 Å². The smallest absolute Gasteiger partial charge is 0.203 e. The number of hydrogen-bond donors (Lipinski definition) is 0. The van der Waals surface area contributed by atoms with Crippen molar-refractivity contribution in [1.82, 2.24) is 0 Å². The van der Waals surface area contributed by atoms with E-state index in [9.17, 15) is 4.79 Å². The van der Waals surface area contributed by atoms with Crippen molar-refractivity contribution in [3.63, 3.8) is 0 Å². The molecule has 4 nitrogen and oxygen atoms in total. The third-order valence-electron chi connectivity index (χ3n) is 3.81. The molecule has 0 spiro atoms. The molecule has 1 aromatic rings. The fourth-order valence-electron chi connectivity index (χ4n) is 2.67. The molecule has 0 radical (unpaired) electrons. The molecule has 1 aromatic carbocycles. The highest BCUT2D eigenvalue weighted by Crippen LogP contribution is 2.39. The Morgan fingerprint density at radius 2 is 1.70 bits per heavy atom. The van der Waals surface area contributed by atoms with Crippen LogP contribution in [0.1, 0.15) is 42.5 Å². The first-order valence-corrected chi connectivity index (χ1v) is 7.12. The van der Waals surface area contributed by atoms with Gasteiger partial charge >= 0.3 is 0 Å². The minimum Gasteiger partial charge on any atom is -0.493 e. The topological polar surface area (TPSA) is 44.8 Å². The van der Waals surface area contributed by atoms with Crippen molar-refractivity contribution in [2.45, 2.75) is 32.1 Å². The summed E-state index contributed by atoms with van der Waals surface area (Å²) in [4.78, 5) is 10.9. The Labute approximate surface area is 120 Å². The van der Waals surface area contributed by atoms with Crippen LogP contribution in [0.3, 0.4) is 0 Å². The summed E-state index contributed by atoms with van der Waals surface area (Å²) in [5.41, 5.74) is 0.517. The van der Waals surface area contributed by atoms with Gasteiger partial charge in [0.25, 0.3) is 0 Å². The predicted molar refractivity (Wildman–Crippen MR) is 77.0 cm³/mol. The molecule has 0 saturated heterocycles. The first-order valence-electron chi connectivity index (χ1n) is 7.12. The summed E-state index contributed by atoms with van der Waals surface area (Å²) < 4.78 is 16.5. The molecular formula is C16H22O4. The fourth-order valence-corrected chi connectivity index (χ4v) is 2.67. The Bertz CT molecular complexity index is 425. The fraction of sp³-hybridized carbons (Fsp3) is 0.562. The van der Waals surface area contributed by atoms with Gasteiger partial charge in [-0.2, -0.15) is 0 Å². The van der Waals surface area contributed by atoms with Crippen LogP contribution in [0.4, 0.5) is 0 Å². The van der Waals surface area contributed by atoms with Gasteiger partial charge in [-0.15, -0.1) is 0 Å². The summed E-state index contributed by atoms with van der Waals surface area (Å²) in [5, 5.41) is 0. The van der Waals surface area contributed by atoms with Crippen molar-refractivity contribution in [1.29, 1.82) is 0 Å². The number of ether oxygens (including phenoxy) is 3. The van der Waals surface area contributed by atoms with E-state index in [4.69, 9.17) is 14.2 Å². The number of methoxy groups -OCH3 is 2. The summed E-state index contributed by atoms with van der Waals surface area (Å²) in [6.45, 7) is 0.674. The zero-order chi connectivity index (χ0) is 14.4. The van der Waals surface area contributed by atoms with Gasteiger partial charge < -0.3 is 14.2 Å². The molecule has 0 N–H and O–H groups in total. The average Bonchev–Trinajstić information content (AvgIpc) is 2.52. The van der Waals surface area contributed by atoms with Gasteiger partial charge in [-0.1, -0.05) is 19.3 Å². The molecule has 0 atom stereocenters. The summed E-state index contributed by atoms with van der Waals surface area (Å²) >= 11 is 0. The lowest BCUT2D eigenvalue weighted by atomic mass is 9.90. The van der Waals surface area contributed by atoms with Crippen LogP contribution in [-0.2, 0) is 0 Å². The van der Waals surface area contributed by atoms with Crippen LogP contribution in [0.15, 0.2) is 12.1 Å². The van der Waals surface area contributed by atoms with Gasteiger partial charge in [0.2, 0.25) is 5.75 Å². The van der Waals surface area contributed by atoms with E-state index >= 15 is 0 Å². The van der Waals surface area contributed by atoms with E-state index in [0.29, 0.717) is 35.3 Å². The van der Waals surface area contributed by atoms with Crippen LogP contribution >= 0.6 is 0 Å². The van der Waals surface area contributed by atoms with E-state index in [-0.39, 0.29) is 0 Å². The Kier molecular flexibility index (Phi) is 5.27. The van der Waals surface area contributed by atoms with Gasteiger partial charge in [-0.3, -0.25) is 4.79 Å². The third-order valence-corrected chi connectivity index (χ3v) is 3.81. The third kappa shape index (κ3) is 3.44. The molecular weight excluding hydrogens is 256 g/mol. The van der Waals surface area contributed by atoms with E-state index in [0.717, 1.165) is 6.29 Å². The molecule has 0 heterocycles. The van der Waals surface area contributed by atoms with Crippen LogP contribution in [0.2, 0.25) is 0 Å². The van der Waals surface area contributed by atoms with Crippen molar-refractivity contribution in [2.24, 2.45) is 5.92 Å². The standard InChI is InChI=1S/C16H22O4/c1-18-14-8-13(10-17)9-15(19-2)16(14)20-11-12-6-4-3-5-7-12/h8-10,12H,3-7,11H2,1-2H3.